The minimum atomic E-state index is -2.95. The van der Waals surface area contributed by atoms with Crippen LogP contribution in [0.1, 0.15) is 5.56 Å². The van der Waals surface area contributed by atoms with Crippen molar-refractivity contribution in [2.45, 2.75) is 6.54 Å². The lowest BCUT2D eigenvalue weighted by molar-refractivity contribution is 0.596. The van der Waals surface area contributed by atoms with Gasteiger partial charge in [-0.1, -0.05) is 0 Å². The highest BCUT2D eigenvalue weighted by Crippen LogP contribution is 2.17. The summed E-state index contributed by atoms with van der Waals surface area (Å²) >= 11 is 0. The molecule has 0 saturated heterocycles. The van der Waals surface area contributed by atoms with Crippen molar-refractivity contribution in [3.63, 3.8) is 0 Å². The number of hydrogen-bond donors (Lipinski definition) is 0. The van der Waals surface area contributed by atoms with Crippen molar-refractivity contribution in [3.8, 4) is 6.07 Å². The number of nitrogens with zero attached hydrogens (tertiary/aromatic N) is 2. The normalized spacial score (nSPS) is 11.5. The van der Waals surface area contributed by atoms with Crippen LogP contribution in [0.25, 0.3) is 10.9 Å². The van der Waals surface area contributed by atoms with E-state index in [4.69, 9.17) is 5.26 Å². The van der Waals surface area contributed by atoms with Crippen molar-refractivity contribution in [3.05, 3.63) is 36.0 Å². The molecule has 0 unspecified atom stereocenters. The third-order valence-electron chi connectivity index (χ3n) is 2.60. The van der Waals surface area contributed by atoms with Gasteiger partial charge in [-0.05, 0) is 24.3 Å². The zero-order valence-electron chi connectivity index (χ0n) is 9.42. The molecule has 88 valence electrons. The van der Waals surface area contributed by atoms with Crippen molar-refractivity contribution in [2.75, 3.05) is 12.0 Å². The van der Waals surface area contributed by atoms with E-state index >= 15 is 0 Å². The van der Waals surface area contributed by atoms with Crippen LogP contribution < -0.4 is 0 Å². The second kappa shape index (κ2) is 4.22. The van der Waals surface area contributed by atoms with E-state index < -0.39 is 9.84 Å². The quantitative estimate of drug-likeness (QED) is 0.828. The van der Waals surface area contributed by atoms with E-state index in [1.807, 2.05) is 22.9 Å². The van der Waals surface area contributed by atoms with Crippen LogP contribution in [0.2, 0.25) is 0 Å². The lowest BCUT2D eigenvalue weighted by Crippen LogP contribution is -2.10. The van der Waals surface area contributed by atoms with Gasteiger partial charge < -0.3 is 4.57 Å². The molecule has 1 aromatic heterocycles. The molecule has 0 spiro atoms. The molecule has 2 aromatic rings. The van der Waals surface area contributed by atoms with Gasteiger partial charge in [0.05, 0.1) is 17.4 Å². The molecule has 0 atom stereocenters. The largest absolute Gasteiger partial charge is 0.346 e. The lowest BCUT2D eigenvalue weighted by atomic mass is 10.2. The van der Waals surface area contributed by atoms with Crippen LogP contribution in [0.15, 0.2) is 30.5 Å². The van der Waals surface area contributed by atoms with E-state index in [9.17, 15) is 8.42 Å². The van der Waals surface area contributed by atoms with Crippen LogP contribution in [0.5, 0.6) is 0 Å². The van der Waals surface area contributed by atoms with Gasteiger partial charge in [0.25, 0.3) is 0 Å². The van der Waals surface area contributed by atoms with E-state index in [0.29, 0.717) is 12.1 Å². The monoisotopic (exact) mass is 248 g/mol. The maximum Gasteiger partial charge on any atom is 0.149 e. The van der Waals surface area contributed by atoms with Gasteiger partial charge in [-0.3, -0.25) is 0 Å². The first-order valence-corrected chi connectivity index (χ1v) is 7.22. The SMILES string of the molecule is CS(=O)(=O)CCn1ccc2cc(C#N)ccc21. The number of aromatic nitrogens is 1. The molecular formula is C12H12N2O2S. The van der Waals surface area contributed by atoms with Gasteiger partial charge >= 0.3 is 0 Å². The summed E-state index contributed by atoms with van der Waals surface area (Å²) in [4.78, 5) is 0. The highest BCUT2D eigenvalue weighted by atomic mass is 32.2. The molecule has 0 fully saturated rings. The van der Waals surface area contributed by atoms with Crippen molar-refractivity contribution >= 4 is 20.7 Å². The number of nitriles is 1. The fraction of sp³-hybridized carbons (Fsp3) is 0.250. The molecule has 1 heterocycles. The summed E-state index contributed by atoms with van der Waals surface area (Å²) in [5, 5.41) is 9.73. The van der Waals surface area contributed by atoms with Gasteiger partial charge in [0.1, 0.15) is 9.84 Å². The molecule has 2 rings (SSSR count). The number of sulfone groups is 1. The third-order valence-corrected chi connectivity index (χ3v) is 3.53. The molecular weight excluding hydrogens is 236 g/mol. The first-order chi connectivity index (χ1) is 7.99. The Morgan fingerprint density at radius 2 is 2.12 bits per heavy atom. The average Bonchev–Trinajstić information content (AvgIpc) is 2.67. The molecule has 0 aliphatic rings. The van der Waals surface area contributed by atoms with Crippen LogP contribution in [0.4, 0.5) is 0 Å². The average molecular weight is 248 g/mol. The Morgan fingerprint density at radius 3 is 2.76 bits per heavy atom. The molecule has 0 saturated carbocycles. The molecule has 5 heteroatoms. The summed E-state index contributed by atoms with van der Waals surface area (Å²) in [6, 6.07) is 9.34. The smallest absolute Gasteiger partial charge is 0.149 e. The molecule has 4 nitrogen and oxygen atoms in total. The highest BCUT2D eigenvalue weighted by molar-refractivity contribution is 7.90. The van der Waals surface area contributed by atoms with Gasteiger partial charge in [-0.2, -0.15) is 5.26 Å². The zero-order chi connectivity index (χ0) is 12.5. The van der Waals surface area contributed by atoms with Crippen molar-refractivity contribution < 1.29 is 8.42 Å². The van der Waals surface area contributed by atoms with Gasteiger partial charge in [0.2, 0.25) is 0 Å². The minimum absolute atomic E-state index is 0.122. The Bertz CT molecular complexity index is 693. The minimum Gasteiger partial charge on any atom is -0.346 e. The Hall–Kier alpha value is -1.80. The van der Waals surface area contributed by atoms with Crippen LogP contribution in [0, 0.1) is 11.3 Å². The number of fused-ring (bicyclic) bond motifs is 1. The van der Waals surface area contributed by atoms with Gasteiger partial charge in [-0.15, -0.1) is 0 Å². The van der Waals surface area contributed by atoms with Crippen LogP contribution in [0.3, 0.4) is 0 Å². The molecule has 1 aromatic carbocycles. The maximum absolute atomic E-state index is 11.1. The van der Waals surface area contributed by atoms with Crippen molar-refractivity contribution in [1.82, 2.24) is 4.57 Å². The van der Waals surface area contributed by atoms with E-state index in [1.54, 1.807) is 12.1 Å². The Balaban J connectivity index is 2.34. The second-order valence-corrected chi connectivity index (χ2v) is 6.28. The molecule has 0 amide bonds. The van der Waals surface area contributed by atoms with Gasteiger partial charge in [-0.25, -0.2) is 8.42 Å². The molecule has 0 N–H and O–H groups in total. The second-order valence-electron chi connectivity index (χ2n) is 4.02. The topological polar surface area (TPSA) is 62.9 Å². The number of hydrogen-bond acceptors (Lipinski definition) is 3. The van der Waals surface area contributed by atoms with Crippen molar-refractivity contribution in [2.24, 2.45) is 0 Å². The van der Waals surface area contributed by atoms with Crippen LogP contribution in [-0.2, 0) is 16.4 Å². The summed E-state index contributed by atoms with van der Waals surface area (Å²) < 4.78 is 24.1. The predicted octanol–water partition coefficient (Wildman–Crippen LogP) is 1.56. The Labute approximate surface area is 100 Å². The molecule has 17 heavy (non-hydrogen) atoms. The summed E-state index contributed by atoms with van der Waals surface area (Å²) in [6.07, 6.45) is 3.07. The summed E-state index contributed by atoms with van der Waals surface area (Å²) in [7, 11) is -2.95. The van der Waals surface area contributed by atoms with E-state index in [0.717, 1.165) is 10.9 Å². The fourth-order valence-electron chi connectivity index (χ4n) is 1.73. The van der Waals surface area contributed by atoms with E-state index in [-0.39, 0.29) is 5.75 Å². The van der Waals surface area contributed by atoms with Crippen LogP contribution >= 0.6 is 0 Å². The summed E-state index contributed by atoms with van der Waals surface area (Å²) in [5.74, 6) is 0.122. The highest BCUT2D eigenvalue weighted by Gasteiger charge is 2.05. The first-order valence-electron chi connectivity index (χ1n) is 5.16. The summed E-state index contributed by atoms with van der Waals surface area (Å²) in [6.45, 7) is 0.439. The predicted molar refractivity (Wildman–Crippen MR) is 66.4 cm³/mol. The van der Waals surface area contributed by atoms with Gasteiger partial charge in [0.15, 0.2) is 0 Å². The zero-order valence-corrected chi connectivity index (χ0v) is 10.2. The molecule has 0 radical (unpaired) electrons. The third kappa shape index (κ3) is 2.66. The Morgan fingerprint density at radius 1 is 1.35 bits per heavy atom. The molecule has 0 aliphatic heterocycles. The summed E-state index contributed by atoms with van der Waals surface area (Å²) in [5.41, 5.74) is 1.56. The number of aryl methyl sites for hydroxylation is 1. The number of rotatable bonds is 3. The van der Waals surface area contributed by atoms with E-state index in [2.05, 4.69) is 6.07 Å². The van der Waals surface area contributed by atoms with Gasteiger partial charge in [0, 0.05) is 29.9 Å². The first kappa shape index (κ1) is 11.7. The molecule has 0 bridgehead atoms. The standard InChI is InChI=1S/C12H12N2O2S/c1-17(15,16)7-6-14-5-4-11-8-10(9-13)2-3-12(11)14/h2-5,8H,6-7H2,1H3. The fourth-order valence-corrected chi connectivity index (χ4v) is 2.26. The molecule has 0 aliphatic carbocycles. The van der Waals surface area contributed by atoms with Crippen LogP contribution in [-0.4, -0.2) is 25.0 Å². The Kier molecular flexibility index (Phi) is 2.90. The number of benzene rings is 1. The lowest BCUT2D eigenvalue weighted by Gasteiger charge is -2.04. The maximum atomic E-state index is 11.1. The van der Waals surface area contributed by atoms with Crippen molar-refractivity contribution in [1.29, 1.82) is 5.26 Å². The van der Waals surface area contributed by atoms with E-state index in [1.165, 1.54) is 6.26 Å².